The summed E-state index contributed by atoms with van der Waals surface area (Å²) in [5.41, 5.74) is 2.79. The Morgan fingerprint density at radius 2 is 1.74 bits per heavy atom. The predicted octanol–water partition coefficient (Wildman–Crippen LogP) is 3.45. The van der Waals surface area contributed by atoms with Crippen LogP contribution in [0.3, 0.4) is 0 Å². The van der Waals surface area contributed by atoms with Crippen molar-refractivity contribution in [3.05, 3.63) is 29.6 Å². The molecule has 5 rings (SSSR count). The minimum atomic E-state index is 0.459. The van der Waals surface area contributed by atoms with Crippen molar-refractivity contribution in [3.63, 3.8) is 0 Å². The van der Waals surface area contributed by atoms with Crippen LogP contribution in [0.2, 0.25) is 0 Å². The first kappa shape index (κ1) is 11.9. The summed E-state index contributed by atoms with van der Waals surface area (Å²) in [4.78, 5) is 4.63. The van der Waals surface area contributed by atoms with Gasteiger partial charge in [-0.25, -0.2) is 0 Å². The van der Waals surface area contributed by atoms with Gasteiger partial charge in [-0.05, 0) is 75.3 Å². The normalized spacial score (nSPS) is 39.7. The van der Waals surface area contributed by atoms with Gasteiger partial charge >= 0.3 is 0 Å². The molecule has 1 heterocycles. The molecule has 0 saturated heterocycles. The first-order valence-corrected chi connectivity index (χ1v) is 7.88. The third-order valence-corrected chi connectivity index (χ3v) is 5.63. The van der Waals surface area contributed by atoms with Gasteiger partial charge in [-0.3, -0.25) is 4.98 Å². The first-order chi connectivity index (χ1) is 9.21. The summed E-state index contributed by atoms with van der Waals surface area (Å²) in [5.74, 6) is 3.05. The number of aromatic nitrogens is 1. The number of nitrogens with zero attached hydrogens (tertiary/aromatic N) is 1. The molecule has 4 saturated carbocycles. The monoisotopic (exact) mass is 256 g/mol. The second kappa shape index (κ2) is 4.31. The number of rotatable bonds is 3. The van der Waals surface area contributed by atoms with Gasteiger partial charge < -0.3 is 5.32 Å². The molecule has 4 aliphatic carbocycles. The number of hydrogen-bond acceptors (Lipinski definition) is 2. The van der Waals surface area contributed by atoms with Crippen molar-refractivity contribution in [3.8, 4) is 0 Å². The molecule has 102 valence electrons. The summed E-state index contributed by atoms with van der Waals surface area (Å²) < 4.78 is 0. The van der Waals surface area contributed by atoms with E-state index in [0.717, 1.165) is 30.0 Å². The average molecular weight is 256 g/mol. The standard InChI is InChI=1S/C17H24N2/c1-12-3-2-4-16(19-12)11-18-17-8-13-5-14(9-17)7-15(6-13)10-17/h2-4,13-15,18H,5-11H2,1H3. The Bertz CT molecular complexity index is 445. The maximum absolute atomic E-state index is 4.63. The maximum Gasteiger partial charge on any atom is 0.0545 e. The zero-order chi connectivity index (χ0) is 12.9. The van der Waals surface area contributed by atoms with Gasteiger partial charge in [-0.15, -0.1) is 0 Å². The molecule has 4 fully saturated rings. The van der Waals surface area contributed by atoms with Crippen LogP contribution in [0.1, 0.15) is 49.9 Å². The highest BCUT2D eigenvalue weighted by Gasteiger charge is 2.50. The average Bonchev–Trinajstić information content (AvgIpc) is 2.35. The fourth-order valence-electron chi connectivity index (χ4n) is 5.30. The first-order valence-electron chi connectivity index (χ1n) is 7.88. The van der Waals surface area contributed by atoms with Gasteiger partial charge in [0.25, 0.3) is 0 Å². The maximum atomic E-state index is 4.63. The van der Waals surface area contributed by atoms with Crippen LogP contribution < -0.4 is 5.32 Å². The molecule has 1 aromatic heterocycles. The largest absolute Gasteiger partial charge is 0.306 e. The van der Waals surface area contributed by atoms with E-state index in [0.29, 0.717) is 5.54 Å². The van der Waals surface area contributed by atoms with Gasteiger partial charge in [0.05, 0.1) is 5.69 Å². The van der Waals surface area contributed by atoms with Crippen molar-refractivity contribution < 1.29 is 0 Å². The van der Waals surface area contributed by atoms with Gasteiger partial charge in [0.15, 0.2) is 0 Å². The van der Waals surface area contributed by atoms with Crippen LogP contribution in [0.15, 0.2) is 18.2 Å². The summed E-state index contributed by atoms with van der Waals surface area (Å²) in [5, 5.41) is 3.91. The Balaban J connectivity index is 1.48. The van der Waals surface area contributed by atoms with Crippen molar-refractivity contribution in [2.45, 2.75) is 57.5 Å². The lowest BCUT2D eigenvalue weighted by atomic mass is 9.53. The second-order valence-electron chi connectivity index (χ2n) is 7.32. The molecule has 0 radical (unpaired) electrons. The van der Waals surface area contributed by atoms with E-state index in [1.54, 1.807) is 0 Å². The Kier molecular flexibility index (Phi) is 2.70. The van der Waals surface area contributed by atoms with E-state index >= 15 is 0 Å². The van der Waals surface area contributed by atoms with E-state index in [9.17, 15) is 0 Å². The van der Waals surface area contributed by atoms with Crippen LogP contribution in [0.4, 0.5) is 0 Å². The summed E-state index contributed by atoms with van der Waals surface area (Å²) in [6.07, 6.45) is 8.82. The molecular formula is C17H24N2. The van der Waals surface area contributed by atoms with Crippen LogP contribution in [0, 0.1) is 24.7 Å². The molecule has 2 nitrogen and oxygen atoms in total. The molecule has 0 aromatic carbocycles. The highest BCUT2D eigenvalue weighted by Crippen LogP contribution is 2.55. The van der Waals surface area contributed by atoms with E-state index in [4.69, 9.17) is 0 Å². The number of hydrogen-bond donors (Lipinski definition) is 1. The third-order valence-electron chi connectivity index (χ3n) is 5.63. The Labute approximate surface area is 116 Å². The minimum Gasteiger partial charge on any atom is -0.306 e. The van der Waals surface area contributed by atoms with Crippen LogP contribution in [0.5, 0.6) is 0 Å². The van der Waals surface area contributed by atoms with Crippen LogP contribution in [-0.2, 0) is 6.54 Å². The summed E-state index contributed by atoms with van der Waals surface area (Å²) >= 11 is 0. The van der Waals surface area contributed by atoms with Gasteiger partial charge in [-0.2, -0.15) is 0 Å². The van der Waals surface area contributed by atoms with E-state index in [2.05, 4.69) is 35.4 Å². The molecule has 1 N–H and O–H groups in total. The van der Waals surface area contributed by atoms with Crippen molar-refractivity contribution in [1.29, 1.82) is 0 Å². The summed E-state index contributed by atoms with van der Waals surface area (Å²) in [6.45, 7) is 3.03. The van der Waals surface area contributed by atoms with Crippen molar-refractivity contribution in [1.82, 2.24) is 10.3 Å². The Hall–Kier alpha value is -0.890. The zero-order valence-electron chi connectivity index (χ0n) is 11.9. The number of nitrogens with one attached hydrogen (secondary N) is 1. The quantitative estimate of drug-likeness (QED) is 0.896. The molecule has 0 aliphatic heterocycles. The van der Waals surface area contributed by atoms with Gasteiger partial charge in [0.1, 0.15) is 0 Å². The molecular weight excluding hydrogens is 232 g/mol. The van der Waals surface area contributed by atoms with Gasteiger partial charge in [0, 0.05) is 17.8 Å². The summed E-state index contributed by atoms with van der Waals surface area (Å²) in [6, 6.07) is 6.35. The molecule has 1 aromatic rings. The lowest BCUT2D eigenvalue weighted by Gasteiger charge is -2.57. The Morgan fingerprint density at radius 1 is 1.11 bits per heavy atom. The van der Waals surface area contributed by atoms with E-state index in [1.165, 1.54) is 44.2 Å². The van der Waals surface area contributed by atoms with Crippen LogP contribution >= 0.6 is 0 Å². The lowest BCUT2D eigenvalue weighted by molar-refractivity contribution is -0.0207. The topological polar surface area (TPSA) is 24.9 Å². The Morgan fingerprint density at radius 3 is 2.32 bits per heavy atom. The molecule has 4 aliphatic rings. The predicted molar refractivity (Wildman–Crippen MR) is 76.7 cm³/mol. The van der Waals surface area contributed by atoms with Crippen molar-refractivity contribution >= 4 is 0 Å². The third kappa shape index (κ3) is 2.20. The molecule has 0 spiro atoms. The van der Waals surface area contributed by atoms with Gasteiger partial charge in [-0.1, -0.05) is 6.07 Å². The molecule has 0 atom stereocenters. The molecule has 2 heteroatoms. The zero-order valence-corrected chi connectivity index (χ0v) is 11.9. The highest BCUT2D eigenvalue weighted by atomic mass is 15.0. The van der Waals surface area contributed by atoms with E-state index in [1.807, 2.05) is 0 Å². The molecule has 19 heavy (non-hydrogen) atoms. The molecule has 4 bridgehead atoms. The fourth-order valence-corrected chi connectivity index (χ4v) is 5.30. The second-order valence-corrected chi connectivity index (χ2v) is 7.32. The SMILES string of the molecule is Cc1cccc(CNC23CC4CC(CC(C4)C2)C3)n1. The molecule has 0 amide bonds. The lowest BCUT2D eigenvalue weighted by Crippen LogP contribution is -2.58. The van der Waals surface area contributed by atoms with E-state index < -0.39 is 0 Å². The number of aryl methyl sites for hydroxylation is 1. The van der Waals surface area contributed by atoms with E-state index in [-0.39, 0.29) is 0 Å². The van der Waals surface area contributed by atoms with Crippen LogP contribution in [-0.4, -0.2) is 10.5 Å². The number of pyridine rings is 1. The minimum absolute atomic E-state index is 0.459. The van der Waals surface area contributed by atoms with Crippen LogP contribution in [0.25, 0.3) is 0 Å². The van der Waals surface area contributed by atoms with Crippen molar-refractivity contribution in [2.24, 2.45) is 17.8 Å². The highest BCUT2D eigenvalue weighted by molar-refractivity contribution is 5.12. The van der Waals surface area contributed by atoms with Crippen molar-refractivity contribution in [2.75, 3.05) is 0 Å². The van der Waals surface area contributed by atoms with Gasteiger partial charge in [0.2, 0.25) is 0 Å². The fraction of sp³-hybridized carbons (Fsp3) is 0.706. The summed E-state index contributed by atoms with van der Waals surface area (Å²) in [7, 11) is 0. The smallest absolute Gasteiger partial charge is 0.0545 e. The molecule has 0 unspecified atom stereocenters.